The Morgan fingerprint density at radius 1 is 0.682 bits per heavy atom. The first kappa shape index (κ1) is 20.7. The van der Waals surface area contributed by atoms with Gasteiger partial charge in [-0.15, -0.1) is 0 Å². The van der Waals surface area contributed by atoms with E-state index in [0.29, 0.717) is 0 Å². The number of carboxylic acid groups (broad SMARTS) is 1. The standard InChI is InChI=1S/C20H34O2/c1-2-3-4-5-6-7-8-9-10-11-12-13-14-15-16-17-18-19-20(21)22/h3-4,8-9,18-19H,2,5-7,10-17H2,1H3,(H,21,22)/b4-3+,9-8+,19-18+. The molecule has 0 aromatic rings. The zero-order valence-corrected chi connectivity index (χ0v) is 14.3. The van der Waals surface area contributed by atoms with Crippen molar-refractivity contribution in [2.75, 3.05) is 0 Å². The van der Waals surface area contributed by atoms with Crippen LogP contribution in [0.2, 0.25) is 0 Å². The van der Waals surface area contributed by atoms with Crippen molar-refractivity contribution < 1.29 is 9.90 Å². The molecule has 0 saturated carbocycles. The van der Waals surface area contributed by atoms with Crippen molar-refractivity contribution in [3.63, 3.8) is 0 Å². The molecule has 0 unspecified atom stereocenters. The molecule has 0 aliphatic heterocycles. The first-order valence-corrected chi connectivity index (χ1v) is 8.96. The lowest BCUT2D eigenvalue weighted by Gasteiger charge is -1.99. The van der Waals surface area contributed by atoms with Gasteiger partial charge in [0.25, 0.3) is 0 Å². The second kappa shape index (κ2) is 17.7. The molecule has 2 nitrogen and oxygen atoms in total. The highest BCUT2D eigenvalue weighted by molar-refractivity contribution is 5.79. The van der Waals surface area contributed by atoms with Gasteiger partial charge < -0.3 is 5.11 Å². The first-order valence-electron chi connectivity index (χ1n) is 8.96. The number of allylic oxidation sites excluding steroid dienone is 5. The highest BCUT2D eigenvalue weighted by atomic mass is 16.4. The average Bonchev–Trinajstić information content (AvgIpc) is 2.50. The van der Waals surface area contributed by atoms with Gasteiger partial charge in [0.1, 0.15) is 0 Å². The van der Waals surface area contributed by atoms with Crippen LogP contribution in [0.4, 0.5) is 0 Å². The number of hydrogen-bond donors (Lipinski definition) is 1. The molecule has 1 N–H and O–H groups in total. The monoisotopic (exact) mass is 306 g/mol. The van der Waals surface area contributed by atoms with Crippen LogP contribution in [0.1, 0.15) is 84.0 Å². The van der Waals surface area contributed by atoms with Crippen molar-refractivity contribution in [1.82, 2.24) is 0 Å². The van der Waals surface area contributed by atoms with Crippen molar-refractivity contribution in [2.24, 2.45) is 0 Å². The predicted molar refractivity (Wildman–Crippen MR) is 96.1 cm³/mol. The van der Waals surface area contributed by atoms with E-state index in [1.165, 1.54) is 63.9 Å². The lowest BCUT2D eigenvalue weighted by Crippen LogP contribution is -1.85. The van der Waals surface area contributed by atoms with Gasteiger partial charge in [0, 0.05) is 6.08 Å². The summed E-state index contributed by atoms with van der Waals surface area (Å²) in [6.45, 7) is 2.17. The summed E-state index contributed by atoms with van der Waals surface area (Å²) in [4.78, 5) is 10.3. The molecule has 0 aliphatic rings. The Labute approximate surface area is 137 Å². The topological polar surface area (TPSA) is 37.3 Å². The Hall–Kier alpha value is -1.31. The quantitative estimate of drug-likeness (QED) is 0.215. The van der Waals surface area contributed by atoms with Gasteiger partial charge in [0.15, 0.2) is 0 Å². The van der Waals surface area contributed by atoms with Crippen LogP contribution in [-0.4, -0.2) is 11.1 Å². The van der Waals surface area contributed by atoms with Crippen LogP contribution in [0.15, 0.2) is 36.5 Å². The Morgan fingerprint density at radius 3 is 1.68 bits per heavy atom. The van der Waals surface area contributed by atoms with Crippen molar-refractivity contribution in [2.45, 2.75) is 84.0 Å². The molecule has 0 amide bonds. The Bertz CT molecular complexity index is 327. The zero-order chi connectivity index (χ0) is 16.3. The van der Waals surface area contributed by atoms with Gasteiger partial charge in [-0.25, -0.2) is 4.79 Å². The fourth-order valence-corrected chi connectivity index (χ4v) is 2.29. The largest absolute Gasteiger partial charge is 0.478 e. The third kappa shape index (κ3) is 18.7. The molecular formula is C20H34O2. The van der Waals surface area contributed by atoms with Gasteiger partial charge in [-0.05, 0) is 51.4 Å². The highest BCUT2D eigenvalue weighted by Crippen LogP contribution is 2.09. The summed E-state index contributed by atoms with van der Waals surface area (Å²) in [5, 5.41) is 8.44. The molecule has 0 radical (unpaired) electrons. The van der Waals surface area contributed by atoms with Crippen LogP contribution in [0.25, 0.3) is 0 Å². The predicted octanol–water partition coefficient (Wildman–Crippen LogP) is 6.44. The number of rotatable bonds is 15. The minimum absolute atomic E-state index is 0.842. The summed E-state index contributed by atoms with van der Waals surface area (Å²) in [7, 11) is 0. The molecule has 2 heteroatoms. The molecule has 0 heterocycles. The molecule has 0 aromatic carbocycles. The molecule has 0 aliphatic carbocycles. The fraction of sp³-hybridized carbons (Fsp3) is 0.650. The number of carbonyl (C=O) groups is 1. The van der Waals surface area contributed by atoms with Crippen LogP contribution in [0.5, 0.6) is 0 Å². The summed E-state index contributed by atoms with van der Waals surface area (Å²) in [5.41, 5.74) is 0. The van der Waals surface area contributed by atoms with Gasteiger partial charge in [-0.1, -0.05) is 63.0 Å². The van der Waals surface area contributed by atoms with Crippen molar-refractivity contribution in [3.05, 3.63) is 36.5 Å². The maximum atomic E-state index is 10.3. The second-order valence-corrected chi connectivity index (χ2v) is 5.72. The molecule has 0 fully saturated rings. The van der Waals surface area contributed by atoms with E-state index in [0.717, 1.165) is 19.3 Å². The molecule has 0 aromatic heterocycles. The Kier molecular flexibility index (Phi) is 16.7. The number of hydrogen-bond acceptors (Lipinski definition) is 1. The number of carboxylic acids is 1. The van der Waals surface area contributed by atoms with E-state index in [9.17, 15) is 4.79 Å². The molecule has 0 bridgehead atoms. The third-order valence-corrected chi connectivity index (χ3v) is 3.56. The molecule has 0 atom stereocenters. The van der Waals surface area contributed by atoms with Crippen LogP contribution < -0.4 is 0 Å². The average molecular weight is 306 g/mol. The maximum Gasteiger partial charge on any atom is 0.327 e. The fourth-order valence-electron chi connectivity index (χ4n) is 2.29. The van der Waals surface area contributed by atoms with Crippen LogP contribution in [0.3, 0.4) is 0 Å². The molecular weight excluding hydrogens is 272 g/mol. The second-order valence-electron chi connectivity index (χ2n) is 5.72. The molecule has 0 saturated heterocycles. The normalized spacial score (nSPS) is 12.0. The van der Waals surface area contributed by atoms with Gasteiger partial charge in [0.05, 0.1) is 0 Å². The summed E-state index contributed by atoms with van der Waals surface area (Å²) in [5.74, 6) is -0.842. The lowest BCUT2D eigenvalue weighted by molar-refractivity contribution is -0.131. The van der Waals surface area contributed by atoms with E-state index < -0.39 is 5.97 Å². The van der Waals surface area contributed by atoms with E-state index in [2.05, 4.69) is 31.2 Å². The van der Waals surface area contributed by atoms with E-state index in [1.54, 1.807) is 6.08 Å². The van der Waals surface area contributed by atoms with E-state index >= 15 is 0 Å². The lowest BCUT2D eigenvalue weighted by atomic mass is 10.1. The van der Waals surface area contributed by atoms with Crippen LogP contribution in [-0.2, 0) is 4.79 Å². The number of aliphatic carboxylic acids is 1. The molecule has 22 heavy (non-hydrogen) atoms. The molecule has 0 spiro atoms. The van der Waals surface area contributed by atoms with Gasteiger partial charge in [0.2, 0.25) is 0 Å². The van der Waals surface area contributed by atoms with Gasteiger partial charge >= 0.3 is 5.97 Å². The van der Waals surface area contributed by atoms with E-state index in [1.807, 2.05) is 0 Å². The van der Waals surface area contributed by atoms with Crippen molar-refractivity contribution in [3.8, 4) is 0 Å². The van der Waals surface area contributed by atoms with E-state index in [-0.39, 0.29) is 0 Å². The Balaban J connectivity index is 3.16. The van der Waals surface area contributed by atoms with Gasteiger partial charge in [-0.2, -0.15) is 0 Å². The molecule has 0 rings (SSSR count). The Morgan fingerprint density at radius 2 is 1.14 bits per heavy atom. The van der Waals surface area contributed by atoms with E-state index in [4.69, 9.17) is 5.11 Å². The minimum atomic E-state index is -0.842. The SMILES string of the molecule is CC/C=C/CCC/C=C/CCCCCCCC/C=C/C(=O)O. The van der Waals surface area contributed by atoms with Crippen LogP contribution >= 0.6 is 0 Å². The number of unbranched alkanes of at least 4 members (excludes halogenated alkanes) is 9. The van der Waals surface area contributed by atoms with Crippen molar-refractivity contribution in [1.29, 1.82) is 0 Å². The maximum absolute atomic E-state index is 10.3. The summed E-state index contributed by atoms with van der Waals surface area (Å²) >= 11 is 0. The minimum Gasteiger partial charge on any atom is -0.478 e. The van der Waals surface area contributed by atoms with Crippen LogP contribution in [0, 0.1) is 0 Å². The third-order valence-electron chi connectivity index (χ3n) is 3.56. The smallest absolute Gasteiger partial charge is 0.327 e. The van der Waals surface area contributed by atoms with Crippen molar-refractivity contribution >= 4 is 5.97 Å². The first-order chi connectivity index (χ1) is 10.8. The summed E-state index contributed by atoms with van der Waals surface area (Å²) in [6.07, 6.45) is 26.6. The van der Waals surface area contributed by atoms with Gasteiger partial charge in [-0.3, -0.25) is 0 Å². The zero-order valence-electron chi connectivity index (χ0n) is 14.3. The summed E-state index contributed by atoms with van der Waals surface area (Å²) in [6, 6.07) is 0. The highest BCUT2D eigenvalue weighted by Gasteiger charge is 1.91. The summed E-state index contributed by atoms with van der Waals surface area (Å²) < 4.78 is 0. The molecule has 126 valence electrons.